The van der Waals surface area contributed by atoms with E-state index in [4.69, 9.17) is 0 Å². The smallest absolute Gasteiger partial charge is 0.337 e. The van der Waals surface area contributed by atoms with Gasteiger partial charge in [-0.3, -0.25) is 4.79 Å². The van der Waals surface area contributed by atoms with E-state index in [1.807, 2.05) is 0 Å². The van der Waals surface area contributed by atoms with E-state index in [1.54, 1.807) is 24.0 Å². The first kappa shape index (κ1) is 21.9. The van der Waals surface area contributed by atoms with Crippen LogP contribution in [0.15, 0.2) is 41.3 Å². The molecule has 0 atom stereocenters. The SMILES string of the molecule is COC(=O)c1ccc(S(=O)(=O)N2CCN(c3ccc(C(C)=O)cc3F)CC2)c(C)c1. The number of carbonyl (C=O) groups excluding carboxylic acids is 2. The number of carbonyl (C=O) groups is 2. The number of ether oxygens (including phenoxy) is 1. The number of sulfonamides is 1. The predicted molar refractivity (Wildman–Crippen MR) is 110 cm³/mol. The van der Waals surface area contributed by atoms with Crippen molar-refractivity contribution in [3.63, 3.8) is 0 Å². The van der Waals surface area contributed by atoms with Gasteiger partial charge in [-0.25, -0.2) is 17.6 Å². The molecule has 1 fully saturated rings. The van der Waals surface area contributed by atoms with Crippen molar-refractivity contribution < 1.29 is 27.1 Å². The number of Topliss-reactive ketones (excluding diaryl/α,β-unsaturated/α-hetero) is 1. The zero-order valence-electron chi connectivity index (χ0n) is 17.0. The molecule has 1 aliphatic heterocycles. The monoisotopic (exact) mass is 434 g/mol. The average molecular weight is 434 g/mol. The largest absolute Gasteiger partial charge is 0.465 e. The number of piperazine rings is 1. The van der Waals surface area contributed by atoms with Crippen molar-refractivity contribution in [2.45, 2.75) is 18.7 Å². The summed E-state index contributed by atoms with van der Waals surface area (Å²) >= 11 is 0. The van der Waals surface area contributed by atoms with Crippen LogP contribution in [0.4, 0.5) is 10.1 Å². The summed E-state index contributed by atoms with van der Waals surface area (Å²) in [6.07, 6.45) is 0. The van der Waals surface area contributed by atoms with Gasteiger partial charge in [-0.05, 0) is 55.8 Å². The second-order valence-electron chi connectivity index (χ2n) is 7.09. The van der Waals surface area contributed by atoms with Crippen LogP contribution in [0.2, 0.25) is 0 Å². The Labute approximate surface area is 175 Å². The Morgan fingerprint density at radius 3 is 2.17 bits per heavy atom. The highest BCUT2D eigenvalue weighted by molar-refractivity contribution is 7.89. The van der Waals surface area contributed by atoms with Crippen LogP contribution in [0.3, 0.4) is 0 Å². The van der Waals surface area contributed by atoms with E-state index >= 15 is 0 Å². The van der Waals surface area contributed by atoms with Gasteiger partial charge in [0.05, 0.1) is 23.3 Å². The molecule has 9 heteroatoms. The Morgan fingerprint density at radius 1 is 1.00 bits per heavy atom. The van der Waals surface area contributed by atoms with Crippen molar-refractivity contribution >= 4 is 27.5 Å². The molecular weight excluding hydrogens is 411 g/mol. The van der Waals surface area contributed by atoms with Crippen LogP contribution in [-0.4, -0.2) is 57.8 Å². The summed E-state index contributed by atoms with van der Waals surface area (Å²) in [5.74, 6) is -1.26. The van der Waals surface area contributed by atoms with E-state index in [-0.39, 0.29) is 29.3 Å². The van der Waals surface area contributed by atoms with Crippen LogP contribution >= 0.6 is 0 Å². The minimum atomic E-state index is -3.76. The van der Waals surface area contributed by atoms with Gasteiger partial charge in [-0.2, -0.15) is 4.31 Å². The Bertz CT molecular complexity index is 1090. The maximum absolute atomic E-state index is 14.4. The van der Waals surface area contributed by atoms with E-state index < -0.39 is 21.8 Å². The molecule has 0 N–H and O–H groups in total. The minimum absolute atomic E-state index is 0.126. The minimum Gasteiger partial charge on any atom is -0.465 e. The molecule has 0 amide bonds. The highest BCUT2D eigenvalue weighted by Gasteiger charge is 2.30. The third-order valence-corrected chi connectivity index (χ3v) is 7.21. The van der Waals surface area contributed by atoms with Gasteiger partial charge in [0.2, 0.25) is 10.0 Å². The third-order valence-electron chi connectivity index (χ3n) is 5.15. The lowest BCUT2D eigenvalue weighted by Gasteiger charge is -2.35. The van der Waals surface area contributed by atoms with Crippen molar-refractivity contribution in [3.8, 4) is 0 Å². The number of esters is 1. The summed E-state index contributed by atoms with van der Waals surface area (Å²) < 4.78 is 46.6. The molecule has 160 valence electrons. The van der Waals surface area contributed by atoms with Crippen LogP contribution in [0.1, 0.15) is 33.2 Å². The van der Waals surface area contributed by atoms with Gasteiger partial charge in [-0.15, -0.1) is 0 Å². The molecule has 0 radical (unpaired) electrons. The van der Waals surface area contributed by atoms with Crippen molar-refractivity contribution in [1.82, 2.24) is 4.31 Å². The Kier molecular flexibility index (Phi) is 6.23. The summed E-state index contributed by atoms with van der Waals surface area (Å²) in [6, 6.07) is 8.63. The molecule has 1 saturated heterocycles. The first-order valence-electron chi connectivity index (χ1n) is 9.39. The number of halogens is 1. The fourth-order valence-electron chi connectivity index (χ4n) is 3.47. The van der Waals surface area contributed by atoms with Crippen molar-refractivity contribution in [2.24, 2.45) is 0 Å². The number of aryl methyl sites for hydroxylation is 1. The standard InChI is InChI=1S/C21H23FN2O5S/c1-14-12-17(21(26)29-3)5-7-20(14)30(27,28)24-10-8-23(9-11-24)19-6-4-16(15(2)25)13-18(19)22/h4-7,12-13H,8-11H2,1-3H3. The summed E-state index contributed by atoms with van der Waals surface area (Å²) in [7, 11) is -2.50. The molecule has 0 spiro atoms. The third kappa shape index (κ3) is 4.22. The highest BCUT2D eigenvalue weighted by Crippen LogP contribution is 2.26. The topological polar surface area (TPSA) is 84.0 Å². The molecule has 0 unspecified atom stereocenters. The Morgan fingerprint density at radius 2 is 1.63 bits per heavy atom. The number of hydrogen-bond acceptors (Lipinski definition) is 6. The second kappa shape index (κ2) is 8.53. The molecule has 0 aliphatic carbocycles. The zero-order valence-corrected chi connectivity index (χ0v) is 17.8. The zero-order chi connectivity index (χ0) is 22.1. The van der Waals surface area contributed by atoms with E-state index in [0.29, 0.717) is 29.9 Å². The molecule has 30 heavy (non-hydrogen) atoms. The molecule has 0 saturated carbocycles. The lowest BCUT2D eigenvalue weighted by atomic mass is 10.1. The van der Waals surface area contributed by atoms with E-state index in [2.05, 4.69) is 4.74 Å². The van der Waals surface area contributed by atoms with Gasteiger partial charge in [-0.1, -0.05) is 0 Å². The number of benzene rings is 2. The van der Waals surface area contributed by atoms with Gasteiger partial charge in [0.1, 0.15) is 5.82 Å². The average Bonchev–Trinajstić information content (AvgIpc) is 2.72. The maximum atomic E-state index is 14.4. The number of methoxy groups -OCH3 is 1. The van der Waals surface area contributed by atoms with Crippen molar-refractivity contribution in [3.05, 3.63) is 58.9 Å². The maximum Gasteiger partial charge on any atom is 0.337 e. The van der Waals surface area contributed by atoms with Crippen molar-refractivity contribution in [1.29, 1.82) is 0 Å². The van der Waals surface area contributed by atoms with Crippen LogP contribution in [0.25, 0.3) is 0 Å². The van der Waals surface area contributed by atoms with Gasteiger partial charge in [0, 0.05) is 31.7 Å². The normalized spacial score (nSPS) is 15.1. The number of rotatable bonds is 5. The molecule has 1 heterocycles. The van der Waals surface area contributed by atoms with Gasteiger partial charge < -0.3 is 9.64 Å². The molecule has 2 aromatic carbocycles. The molecular formula is C21H23FN2O5S. The van der Waals surface area contributed by atoms with Crippen LogP contribution in [-0.2, 0) is 14.8 Å². The van der Waals surface area contributed by atoms with E-state index in [1.165, 1.54) is 42.6 Å². The number of ketones is 1. The fourth-order valence-corrected chi connectivity index (χ4v) is 5.10. The van der Waals surface area contributed by atoms with Gasteiger partial charge in [0.25, 0.3) is 0 Å². The molecule has 0 aromatic heterocycles. The predicted octanol–water partition coefficient (Wildman–Crippen LogP) is 2.63. The van der Waals surface area contributed by atoms with Crippen LogP contribution < -0.4 is 4.90 Å². The van der Waals surface area contributed by atoms with Crippen molar-refractivity contribution in [2.75, 3.05) is 38.2 Å². The second-order valence-corrected chi connectivity index (χ2v) is 8.99. The Hall–Kier alpha value is -2.78. The summed E-state index contributed by atoms with van der Waals surface area (Å²) in [5.41, 5.74) is 1.37. The summed E-state index contributed by atoms with van der Waals surface area (Å²) in [4.78, 5) is 24.9. The molecule has 1 aliphatic rings. The molecule has 2 aromatic rings. The molecule has 0 bridgehead atoms. The number of anilines is 1. The first-order chi connectivity index (χ1) is 14.1. The van der Waals surface area contributed by atoms with Crippen LogP contribution in [0.5, 0.6) is 0 Å². The van der Waals surface area contributed by atoms with Gasteiger partial charge in [0.15, 0.2) is 5.78 Å². The fraction of sp³-hybridized carbons (Fsp3) is 0.333. The quantitative estimate of drug-likeness (QED) is 0.531. The summed E-state index contributed by atoms with van der Waals surface area (Å²) in [5, 5.41) is 0. The number of nitrogens with zero attached hydrogens (tertiary/aromatic N) is 2. The number of hydrogen-bond donors (Lipinski definition) is 0. The lowest BCUT2D eigenvalue weighted by molar-refractivity contribution is 0.0600. The summed E-state index contributed by atoms with van der Waals surface area (Å²) in [6.45, 7) is 4.01. The van der Waals surface area contributed by atoms with Gasteiger partial charge >= 0.3 is 5.97 Å². The lowest BCUT2D eigenvalue weighted by Crippen LogP contribution is -2.49. The Balaban J connectivity index is 1.76. The highest BCUT2D eigenvalue weighted by atomic mass is 32.2. The van der Waals surface area contributed by atoms with Crippen LogP contribution in [0, 0.1) is 12.7 Å². The van der Waals surface area contributed by atoms with E-state index in [0.717, 1.165) is 0 Å². The van der Waals surface area contributed by atoms with E-state index in [9.17, 15) is 22.4 Å². The first-order valence-corrected chi connectivity index (χ1v) is 10.8. The molecule has 7 nitrogen and oxygen atoms in total. The molecule has 3 rings (SSSR count).